The van der Waals surface area contributed by atoms with Crippen molar-refractivity contribution in [3.05, 3.63) is 42.1 Å². The van der Waals surface area contributed by atoms with E-state index in [1.165, 1.54) is 12.0 Å². The minimum Gasteiger partial charge on any atom is -0.497 e. The molecule has 0 saturated heterocycles. The molecule has 0 aromatic heterocycles. The van der Waals surface area contributed by atoms with E-state index in [4.69, 9.17) is 4.74 Å². The molecule has 1 aromatic carbocycles. The van der Waals surface area contributed by atoms with Crippen molar-refractivity contribution in [1.29, 1.82) is 0 Å². The molecule has 0 fully saturated rings. The molecule has 0 aliphatic carbocycles. The molecule has 0 N–H and O–H groups in total. The first-order valence-electron chi connectivity index (χ1n) is 7.08. The smallest absolute Gasteiger partial charge is 0.315 e. The van der Waals surface area contributed by atoms with E-state index in [0.717, 1.165) is 11.3 Å². The number of benzene rings is 1. The molecule has 5 nitrogen and oxygen atoms in total. The summed E-state index contributed by atoms with van der Waals surface area (Å²) >= 11 is 0. The molecule has 0 saturated carbocycles. The van der Waals surface area contributed by atoms with E-state index in [1.807, 2.05) is 38.1 Å². The van der Waals surface area contributed by atoms with Crippen molar-refractivity contribution in [2.75, 3.05) is 14.2 Å². The van der Waals surface area contributed by atoms with Gasteiger partial charge >= 0.3 is 5.97 Å². The maximum absolute atomic E-state index is 12.3. The van der Waals surface area contributed by atoms with Crippen LogP contribution in [-0.4, -0.2) is 31.0 Å². The molecule has 22 heavy (non-hydrogen) atoms. The number of nitrogens with zero attached hydrogens (tertiary/aromatic N) is 1. The van der Waals surface area contributed by atoms with E-state index in [0.29, 0.717) is 12.2 Å². The summed E-state index contributed by atoms with van der Waals surface area (Å²) in [7, 11) is 2.86. The average molecular weight is 305 g/mol. The zero-order valence-electron chi connectivity index (χ0n) is 13.6. The molecular weight excluding hydrogens is 282 g/mol. The van der Waals surface area contributed by atoms with Gasteiger partial charge in [0.2, 0.25) is 5.91 Å². The fourth-order valence-corrected chi connectivity index (χ4v) is 1.87. The highest BCUT2D eigenvalue weighted by Gasteiger charge is 2.22. The van der Waals surface area contributed by atoms with Crippen molar-refractivity contribution < 1.29 is 19.1 Å². The third-order valence-corrected chi connectivity index (χ3v) is 3.34. The second-order valence-corrected chi connectivity index (χ2v) is 5.23. The third-order valence-electron chi connectivity index (χ3n) is 3.34. The molecule has 0 radical (unpaired) electrons. The molecule has 1 rings (SSSR count). The van der Waals surface area contributed by atoms with Gasteiger partial charge in [0.05, 0.1) is 20.8 Å². The van der Waals surface area contributed by atoms with Gasteiger partial charge in [-0.05, 0) is 23.6 Å². The zero-order valence-corrected chi connectivity index (χ0v) is 13.6. The summed E-state index contributed by atoms with van der Waals surface area (Å²) in [6, 6.07) is 7.42. The van der Waals surface area contributed by atoms with Gasteiger partial charge in [0.1, 0.15) is 12.2 Å². The molecule has 1 amide bonds. The Morgan fingerprint density at radius 3 is 2.23 bits per heavy atom. The third kappa shape index (κ3) is 4.91. The summed E-state index contributed by atoms with van der Waals surface area (Å²) in [6.07, 6.45) is -0.293. The number of carbonyl (C=O) groups excluding carboxylic acids is 2. The Kier molecular flexibility index (Phi) is 6.63. The summed E-state index contributed by atoms with van der Waals surface area (Å²) in [4.78, 5) is 25.2. The first-order chi connectivity index (χ1) is 10.4. The van der Waals surface area contributed by atoms with Gasteiger partial charge in [0, 0.05) is 5.70 Å². The average Bonchev–Trinajstić information content (AvgIpc) is 2.52. The first kappa shape index (κ1) is 17.8. The highest BCUT2D eigenvalue weighted by molar-refractivity contribution is 5.94. The van der Waals surface area contributed by atoms with Gasteiger partial charge < -0.3 is 14.4 Å². The van der Waals surface area contributed by atoms with Crippen molar-refractivity contribution >= 4 is 11.9 Å². The minimum absolute atomic E-state index is 0.0971. The number of carbonyl (C=O) groups is 2. The number of esters is 1. The van der Waals surface area contributed by atoms with E-state index < -0.39 is 5.97 Å². The Morgan fingerprint density at radius 1 is 1.18 bits per heavy atom. The van der Waals surface area contributed by atoms with Gasteiger partial charge in [-0.15, -0.1) is 0 Å². The van der Waals surface area contributed by atoms with Gasteiger partial charge in [-0.25, -0.2) is 0 Å². The Balaban J connectivity index is 2.91. The van der Waals surface area contributed by atoms with E-state index in [2.05, 4.69) is 11.3 Å². The topological polar surface area (TPSA) is 55.8 Å². The van der Waals surface area contributed by atoms with Gasteiger partial charge in [-0.1, -0.05) is 32.6 Å². The van der Waals surface area contributed by atoms with Crippen LogP contribution < -0.4 is 4.74 Å². The van der Waals surface area contributed by atoms with Crippen molar-refractivity contribution in [1.82, 2.24) is 4.90 Å². The molecule has 5 heteroatoms. The van der Waals surface area contributed by atoms with Gasteiger partial charge in [0.15, 0.2) is 0 Å². The number of ether oxygens (including phenoxy) is 2. The lowest BCUT2D eigenvalue weighted by molar-refractivity contribution is -0.146. The van der Waals surface area contributed by atoms with Crippen LogP contribution in [0.1, 0.15) is 25.8 Å². The highest BCUT2D eigenvalue weighted by Crippen LogP contribution is 2.20. The van der Waals surface area contributed by atoms with E-state index in [1.54, 1.807) is 7.11 Å². The van der Waals surface area contributed by atoms with Crippen LogP contribution in [0.15, 0.2) is 36.5 Å². The Labute approximate surface area is 131 Å². The molecule has 0 spiro atoms. The molecule has 0 heterocycles. The van der Waals surface area contributed by atoms with Gasteiger partial charge in [-0.3, -0.25) is 9.59 Å². The van der Waals surface area contributed by atoms with Crippen molar-refractivity contribution in [3.8, 4) is 5.75 Å². The predicted molar refractivity (Wildman–Crippen MR) is 84.2 cm³/mol. The molecule has 0 aliphatic heterocycles. The normalized spacial score (nSPS) is 10.2. The summed E-state index contributed by atoms with van der Waals surface area (Å²) in [5.74, 6) is -0.0265. The summed E-state index contributed by atoms with van der Waals surface area (Å²) < 4.78 is 9.67. The quantitative estimate of drug-likeness (QED) is 0.574. The minimum atomic E-state index is -0.554. The number of rotatable bonds is 7. The zero-order chi connectivity index (χ0) is 16.7. The van der Waals surface area contributed by atoms with Crippen molar-refractivity contribution in [2.45, 2.75) is 26.8 Å². The van der Waals surface area contributed by atoms with Crippen LogP contribution in [0.25, 0.3) is 0 Å². The SMILES string of the molecule is C=C(C(C)C)N(Cc1ccc(OC)cc1)C(=O)CC(=O)OC. The van der Waals surface area contributed by atoms with Crippen LogP contribution in [0.5, 0.6) is 5.75 Å². The van der Waals surface area contributed by atoms with Crippen molar-refractivity contribution in [3.63, 3.8) is 0 Å². The Morgan fingerprint density at radius 2 is 1.77 bits per heavy atom. The second kappa shape index (κ2) is 8.22. The molecule has 0 aliphatic rings. The lowest BCUT2D eigenvalue weighted by Gasteiger charge is -2.27. The predicted octanol–water partition coefficient (Wildman–Crippen LogP) is 2.76. The molecule has 0 unspecified atom stereocenters. The summed E-state index contributed by atoms with van der Waals surface area (Å²) in [5, 5.41) is 0. The fourth-order valence-electron chi connectivity index (χ4n) is 1.87. The molecule has 1 aromatic rings. The van der Waals surface area contributed by atoms with Crippen LogP contribution in [0.3, 0.4) is 0 Å². The maximum Gasteiger partial charge on any atom is 0.315 e. The lowest BCUT2D eigenvalue weighted by atomic mass is 10.1. The number of allylic oxidation sites excluding steroid dienone is 1. The molecule has 0 bridgehead atoms. The van der Waals surface area contributed by atoms with Crippen LogP contribution in [-0.2, 0) is 20.9 Å². The maximum atomic E-state index is 12.3. The molecule has 0 atom stereocenters. The van der Waals surface area contributed by atoms with Crippen LogP contribution in [0.4, 0.5) is 0 Å². The van der Waals surface area contributed by atoms with Crippen LogP contribution in [0.2, 0.25) is 0 Å². The second-order valence-electron chi connectivity index (χ2n) is 5.23. The van der Waals surface area contributed by atoms with Crippen LogP contribution in [0, 0.1) is 5.92 Å². The standard InChI is InChI=1S/C17H23NO4/c1-12(2)13(3)18(16(19)10-17(20)22-5)11-14-6-8-15(21-4)9-7-14/h6-9,12H,3,10-11H2,1-2,4-5H3. The highest BCUT2D eigenvalue weighted by atomic mass is 16.5. The largest absolute Gasteiger partial charge is 0.497 e. The van der Waals surface area contributed by atoms with E-state index in [-0.39, 0.29) is 18.2 Å². The molecule has 120 valence electrons. The number of amides is 1. The number of hydrogen-bond acceptors (Lipinski definition) is 4. The number of hydrogen-bond donors (Lipinski definition) is 0. The summed E-state index contributed by atoms with van der Waals surface area (Å²) in [6.45, 7) is 8.23. The van der Waals surface area contributed by atoms with Gasteiger partial charge in [-0.2, -0.15) is 0 Å². The van der Waals surface area contributed by atoms with Crippen LogP contribution >= 0.6 is 0 Å². The fraction of sp³-hybridized carbons (Fsp3) is 0.412. The Bertz CT molecular complexity index is 534. The first-order valence-corrected chi connectivity index (χ1v) is 7.08. The van der Waals surface area contributed by atoms with Gasteiger partial charge in [0.25, 0.3) is 0 Å². The number of methoxy groups -OCH3 is 2. The Hall–Kier alpha value is -2.30. The monoisotopic (exact) mass is 305 g/mol. The van der Waals surface area contributed by atoms with Crippen molar-refractivity contribution in [2.24, 2.45) is 5.92 Å². The molecular formula is C17H23NO4. The summed E-state index contributed by atoms with van der Waals surface area (Å²) in [5.41, 5.74) is 1.60. The van der Waals surface area contributed by atoms with E-state index in [9.17, 15) is 9.59 Å². The lowest BCUT2D eigenvalue weighted by Crippen LogP contribution is -2.33. The van der Waals surface area contributed by atoms with E-state index >= 15 is 0 Å².